The molecule has 0 radical (unpaired) electrons. The molecule has 2 N–H and O–H groups in total. The summed E-state index contributed by atoms with van der Waals surface area (Å²) in [5.74, 6) is -2.14. The molecule has 1 aliphatic heterocycles. The Balaban J connectivity index is 1.15. The first-order valence-electron chi connectivity index (χ1n) is 14.9. The highest BCUT2D eigenvalue weighted by Gasteiger charge is 2.56. The first-order valence-corrected chi connectivity index (χ1v) is 14.9. The van der Waals surface area contributed by atoms with Gasteiger partial charge in [0.05, 0.1) is 18.0 Å². The van der Waals surface area contributed by atoms with E-state index in [1.165, 1.54) is 55.9 Å². The summed E-state index contributed by atoms with van der Waals surface area (Å²) in [7, 11) is 3.42. The number of likely N-dealkylation sites (N-methyl/N-ethyl adjacent to an activating group) is 1. The zero-order valence-corrected chi connectivity index (χ0v) is 25.9. The number of nitrogens with zero attached hydrogens (tertiary/aromatic N) is 4. The molecule has 0 bridgehead atoms. The van der Waals surface area contributed by atoms with Gasteiger partial charge < -0.3 is 34.6 Å². The number of hydrogen-bond donors (Lipinski definition) is 2. The van der Waals surface area contributed by atoms with Crippen LogP contribution in [-0.4, -0.2) is 77.5 Å². The van der Waals surface area contributed by atoms with E-state index in [9.17, 15) is 18.8 Å². The summed E-state index contributed by atoms with van der Waals surface area (Å²) < 4.78 is 45.4. The van der Waals surface area contributed by atoms with Gasteiger partial charge in [-0.05, 0) is 69.3 Å². The molecular formula is C33H32F2N6O6. The number of methoxy groups -OCH3 is 1. The number of benzene rings is 3. The van der Waals surface area contributed by atoms with Crippen LogP contribution in [0.1, 0.15) is 19.8 Å². The highest BCUT2D eigenvalue weighted by atomic mass is 19.1. The third kappa shape index (κ3) is 6.63. The number of carbonyl (C=O) groups excluding carboxylic acids is 3. The summed E-state index contributed by atoms with van der Waals surface area (Å²) in [6.45, 7) is 3.92. The first-order chi connectivity index (χ1) is 22.6. The van der Waals surface area contributed by atoms with Gasteiger partial charge in [0.1, 0.15) is 17.6 Å². The van der Waals surface area contributed by atoms with Crippen LogP contribution in [0.5, 0.6) is 23.1 Å². The number of amides is 3. The van der Waals surface area contributed by atoms with Crippen molar-refractivity contribution in [1.29, 1.82) is 0 Å². The molecule has 12 nitrogen and oxygen atoms in total. The minimum Gasteiger partial charge on any atom is -0.493 e. The van der Waals surface area contributed by atoms with E-state index < -0.39 is 35.0 Å². The van der Waals surface area contributed by atoms with Crippen molar-refractivity contribution in [1.82, 2.24) is 19.8 Å². The zero-order chi connectivity index (χ0) is 33.3. The molecule has 4 aromatic rings. The molecule has 0 spiro atoms. The van der Waals surface area contributed by atoms with Crippen LogP contribution in [0.4, 0.5) is 25.0 Å². The number of ether oxygens (including phenoxy) is 3. The zero-order valence-electron chi connectivity index (χ0n) is 25.9. The standard InChI is InChI=1S/C33H32F2N6O6/c1-19-17-40(2)12-13-41(19)32(44)47-28-16-25-23(15-27(28)45-3)29(37-18-36-25)46-26-9-8-22(14-24(26)35)39-31(43)33(10-11-33)30(42)38-21-6-4-20(34)5-7-21/h4-9,14-16,18-19H,10-13,17H2,1-3H3,(H,38,42)(H,39,43)/t19-/m1/s1. The molecule has 47 heavy (non-hydrogen) atoms. The van der Waals surface area contributed by atoms with E-state index in [4.69, 9.17) is 14.2 Å². The van der Waals surface area contributed by atoms with Crippen molar-refractivity contribution in [3.8, 4) is 23.1 Å². The molecule has 244 valence electrons. The van der Waals surface area contributed by atoms with E-state index in [2.05, 4.69) is 25.5 Å². The molecule has 14 heteroatoms. The normalized spacial score (nSPS) is 17.1. The average molecular weight is 647 g/mol. The van der Waals surface area contributed by atoms with Crippen molar-refractivity contribution >= 4 is 40.2 Å². The Bertz CT molecular complexity index is 1850. The van der Waals surface area contributed by atoms with Crippen molar-refractivity contribution in [2.24, 2.45) is 5.41 Å². The summed E-state index contributed by atoms with van der Waals surface area (Å²) in [6, 6.07) is 12.1. The predicted octanol–water partition coefficient (Wildman–Crippen LogP) is 5.20. The second-order valence-corrected chi connectivity index (χ2v) is 11.6. The number of piperazine rings is 1. The number of aromatic nitrogens is 2. The maximum absolute atomic E-state index is 15.2. The van der Waals surface area contributed by atoms with Crippen LogP contribution in [0.2, 0.25) is 0 Å². The molecule has 1 saturated carbocycles. The van der Waals surface area contributed by atoms with Crippen molar-refractivity contribution < 1.29 is 37.4 Å². The Hall–Kier alpha value is -5.37. The molecule has 1 aromatic heterocycles. The van der Waals surface area contributed by atoms with Crippen LogP contribution >= 0.6 is 0 Å². The van der Waals surface area contributed by atoms with Crippen LogP contribution in [-0.2, 0) is 9.59 Å². The summed E-state index contributed by atoms with van der Waals surface area (Å²) in [5.41, 5.74) is -0.469. The molecule has 2 heterocycles. The minimum atomic E-state index is -1.31. The van der Waals surface area contributed by atoms with Gasteiger partial charge in [0.25, 0.3) is 0 Å². The van der Waals surface area contributed by atoms with Gasteiger partial charge >= 0.3 is 6.09 Å². The van der Waals surface area contributed by atoms with Gasteiger partial charge in [-0.3, -0.25) is 9.59 Å². The first kappa shape index (κ1) is 31.6. The number of halogens is 2. The molecule has 3 amide bonds. The molecule has 1 saturated heterocycles. The van der Waals surface area contributed by atoms with Gasteiger partial charge in [0, 0.05) is 49.2 Å². The number of carbonyl (C=O) groups is 3. The van der Waals surface area contributed by atoms with Gasteiger partial charge in [-0.2, -0.15) is 0 Å². The van der Waals surface area contributed by atoms with Gasteiger partial charge in [-0.15, -0.1) is 0 Å². The molecule has 1 atom stereocenters. The van der Waals surface area contributed by atoms with Crippen LogP contribution in [0, 0.1) is 17.0 Å². The van der Waals surface area contributed by atoms with Crippen molar-refractivity contribution in [2.75, 3.05) is 44.4 Å². The molecule has 1 aliphatic carbocycles. The molecule has 0 unspecified atom stereocenters. The topological polar surface area (TPSA) is 135 Å². The fraction of sp³-hybridized carbons (Fsp3) is 0.303. The largest absolute Gasteiger partial charge is 0.493 e. The van der Waals surface area contributed by atoms with Crippen LogP contribution in [0.3, 0.4) is 0 Å². The Kier molecular flexibility index (Phi) is 8.60. The van der Waals surface area contributed by atoms with Crippen molar-refractivity contribution in [3.05, 3.63) is 72.6 Å². The average Bonchev–Trinajstić information content (AvgIpc) is 3.86. The van der Waals surface area contributed by atoms with E-state index in [0.717, 1.165) is 19.2 Å². The van der Waals surface area contributed by atoms with E-state index in [0.29, 0.717) is 36.0 Å². The SMILES string of the molecule is COc1cc2c(Oc3ccc(NC(=O)C4(C(=O)Nc5ccc(F)cc5)CC4)cc3F)ncnc2cc1OC(=O)N1CCN(C)C[C@H]1C. The van der Waals surface area contributed by atoms with Crippen LogP contribution < -0.4 is 24.8 Å². The van der Waals surface area contributed by atoms with Crippen molar-refractivity contribution in [2.45, 2.75) is 25.8 Å². The van der Waals surface area contributed by atoms with E-state index >= 15 is 4.39 Å². The maximum atomic E-state index is 15.2. The van der Waals surface area contributed by atoms with Gasteiger partial charge in [-0.25, -0.2) is 23.5 Å². The lowest BCUT2D eigenvalue weighted by Crippen LogP contribution is -2.53. The molecule has 6 rings (SSSR count). The van der Waals surface area contributed by atoms with Gasteiger partial charge in [0.15, 0.2) is 23.1 Å². The van der Waals surface area contributed by atoms with Gasteiger partial charge in [0.2, 0.25) is 17.7 Å². The Morgan fingerprint density at radius 1 is 0.894 bits per heavy atom. The molecule has 2 aliphatic rings. The second kappa shape index (κ2) is 12.8. The summed E-state index contributed by atoms with van der Waals surface area (Å²) in [5, 5.41) is 5.60. The quantitative estimate of drug-likeness (QED) is 0.248. The smallest absolute Gasteiger partial charge is 0.415 e. The number of hydrogen-bond acceptors (Lipinski definition) is 9. The molecular weight excluding hydrogens is 614 g/mol. The minimum absolute atomic E-state index is 0.0175. The highest BCUT2D eigenvalue weighted by Crippen LogP contribution is 2.47. The second-order valence-electron chi connectivity index (χ2n) is 11.6. The fourth-order valence-corrected chi connectivity index (χ4v) is 5.41. The van der Waals surface area contributed by atoms with E-state index in [1.807, 2.05) is 14.0 Å². The summed E-state index contributed by atoms with van der Waals surface area (Å²) >= 11 is 0. The Morgan fingerprint density at radius 3 is 2.26 bits per heavy atom. The van der Waals surface area contributed by atoms with Crippen molar-refractivity contribution in [3.63, 3.8) is 0 Å². The maximum Gasteiger partial charge on any atom is 0.415 e. The number of fused-ring (bicyclic) bond motifs is 1. The molecule has 3 aromatic carbocycles. The highest BCUT2D eigenvalue weighted by molar-refractivity contribution is 6.16. The lowest BCUT2D eigenvalue weighted by Gasteiger charge is -2.37. The predicted molar refractivity (Wildman–Crippen MR) is 168 cm³/mol. The summed E-state index contributed by atoms with van der Waals surface area (Å²) in [6.07, 6.45) is 1.35. The monoisotopic (exact) mass is 646 g/mol. The van der Waals surface area contributed by atoms with Crippen LogP contribution in [0.25, 0.3) is 10.9 Å². The number of nitrogens with one attached hydrogen (secondary N) is 2. The third-order valence-corrected chi connectivity index (χ3v) is 8.26. The third-order valence-electron chi connectivity index (χ3n) is 8.26. The Labute approximate surface area is 268 Å². The molecule has 2 fully saturated rings. The Morgan fingerprint density at radius 2 is 1.60 bits per heavy atom. The summed E-state index contributed by atoms with van der Waals surface area (Å²) in [4.78, 5) is 51.1. The number of rotatable bonds is 8. The van der Waals surface area contributed by atoms with Crippen LogP contribution in [0.15, 0.2) is 60.9 Å². The van der Waals surface area contributed by atoms with E-state index in [1.54, 1.807) is 11.0 Å². The lowest BCUT2D eigenvalue weighted by atomic mass is 10.0. The van der Waals surface area contributed by atoms with E-state index in [-0.39, 0.29) is 34.9 Å². The fourth-order valence-electron chi connectivity index (χ4n) is 5.41. The number of anilines is 2. The van der Waals surface area contributed by atoms with Gasteiger partial charge in [-0.1, -0.05) is 0 Å². The lowest BCUT2D eigenvalue weighted by molar-refractivity contribution is -0.131.